The van der Waals surface area contributed by atoms with Gasteiger partial charge in [0.15, 0.2) is 0 Å². The summed E-state index contributed by atoms with van der Waals surface area (Å²) < 4.78 is 6.43. The van der Waals surface area contributed by atoms with Gasteiger partial charge in [-0.2, -0.15) is 0 Å². The molecule has 0 aliphatic heterocycles. The molecule has 0 amide bonds. The first kappa shape index (κ1) is 14.2. The normalized spacial score (nSPS) is 15.1. The molecule has 0 aromatic carbocycles. The Morgan fingerprint density at radius 2 is 2.25 bits per heavy atom. The molecule has 2 unspecified atom stereocenters. The molecule has 2 atom stereocenters. The summed E-state index contributed by atoms with van der Waals surface area (Å²) in [5.74, 6) is 5.89. The van der Waals surface area contributed by atoms with Crippen molar-refractivity contribution in [2.45, 2.75) is 19.4 Å². The van der Waals surface area contributed by atoms with E-state index in [0.717, 1.165) is 12.0 Å². The van der Waals surface area contributed by atoms with E-state index in [1.165, 1.54) is 11.3 Å². The average molecular weight is 283 g/mol. The maximum Gasteiger partial charge on any atom is 0.0992 e. The highest BCUT2D eigenvalue weighted by molar-refractivity contribution is 7.20. The SMILES string of the molecule is COCCC(C)C(NN)c1cc(Cl)sc1Cl. The molecule has 0 saturated heterocycles. The van der Waals surface area contributed by atoms with Crippen molar-refractivity contribution in [3.05, 3.63) is 20.3 Å². The van der Waals surface area contributed by atoms with Gasteiger partial charge < -0.3 is 4.74 Å². The van der Waals surface area contributed by atoms with Gasteiger partial charge in [-0.25, -0.2) is 0 Å². The van der Waals surface area contributed by atoms with Crippen LogP contribution in [-0.4, -0.2) is 13.7 Å². The molecule has 1 heterocycles. The van der Waals surface area contributed by atoms with E-state index >= 15 is 0 Å². The maximum atomic E-state index is 6.10. The number of nitrogens with two attached hydrogens (primary N) is 1. The summed E-state index contributed by atoms with van der Waals surface area (Å²) in [6.07, 6.45) is 0.912. The average Bonchev–Trinajstić information content (AvgIpc) is 2.56. The predicted octanol–water partition coefficient (Wildman–Crippen LogP) is 3.23. The molecule has 16 heavy (non-hydrogen) atoms. The Bertz CT molecular complexity index is 333. The molecule has 0 bridgehead atoms. The number of methoxy groups -OCH3 is 1. The molecular formula is C10H16Cl2N2OS. The summed E-state index contributed by atoms with van der Waals surface area (Å²) in [5.41, 5.74) is 3.75. The Morgan fingerprint density at radius 1 is 1.56 bits per heavy atom. The number of rotatable bonds is 6. The van der Waals surface area contributed by atoms with Gasteiger partial charge in [0, 0.05) is 19.3 Å². The first-order chi connectivity index (χ1) is 7.60. The molecule has 0 spiro atoms. The summed E-state index contributed by atoms with van der Waals surface area (Å²) in [4.78, 5) is 0. The van der Waals surface area contributed by atoms with Crippen LogP contribution in [0.15, 0.2) is 6.07 Å². The molecule has 3 N–H and O–H groups in total. The minimum Gasteiger partial charge on any atom is -0.385 e. The quantitative estimate of drug-likeness (QED) is 0.622. The third kappa shape index (κ3) is 3.58. The van der Waals surface area contributed by atoms with E-state index in [2.05, 4.69) is 12.3 Å². The van der Waals surface area contributed by atoms with Crippen LogP contribution in [0.5, 0.6) is 0 Å². The van der Waals surface area contributed by atoms with Gasteiger partial charge in [-0.1, -0.05) is 30.1 Å². The lowest BCUT2D eigenvalue weighted by molar-refractivity contribution is 0.170. The van der Waals surface area contributed by atoms with Gasteiger partial charge in [-0.15, -0.1) is 11.3 Å². The fourth-order valence-corrected chi connectivity index (χ4v) is 3.15. The van der Waals surface area contributed by atoms with E-state index in [-0.39, 0.29) is 6.04 Å². The Labute approximate surface area is 110 Å². The molecule has 6 heteroatoms. The van der Waals surface area contributed by atoms with Crippen molar-refractivity contribution in [3.63, 3.8) is 0 Å². The number of hydrogen-bond acceptors (Lipinski definition) is 4. The van der Waals surface area contributed by atoms with Crippen molar-refractivity contribution < 1.29 is 4.74 Å². The molecule has 92 valence electrons. The van der Waals surface area contributed by atoms with Crippen molar-refractivity contribution in [2.24, 2.45) is 11.8 Å². The zero-order valence-electron chi connectivity index (χ0n) is 9.30. The van der Waals surface area contributed by atoms with Crippen LogP contribution in [0.1, 0.15) is 24.9 Å². The van der Waals surface area contributed by atoms with E-state index in [4.69, 9.17) is 33.8 Å². The number of halogens is 2. The fraction of sp³-hybridized carbons (Fsp3) is 0.600. The lowest BCUT2D eigenvalue weighted by Gasteiger charge is -2.22. The van der Waals surface area contributed by atoms with Crippen LogP contribution in [-0.2, 0) is 4.74 Å². The van der Waals surface area contributed by atoms with E-state index in [1.807, 2.05) is 6.07 Å². The third-order valence-electron chi connectivity index (χ3n) is 2.54. The van der Waals surface area contributed by atoms with Crippen molar-refractivity contribution in [3.8, 4) is 0 Å². The highest BCUT2D eigenvalue weighted by Gasteiger charge is 2.22. The molecule has 0 radical (unpaired) electrons. The Hall–Kier alpha value is 0.160. The van der Waals surface area contributed by atoms with Gasteiger partial charge >= 0.3 is 0 Å². The summed E-state index contributed by atoms with van der Waals surface area (Å²) >= 11 is 13.4. The fourth-order valence-electron chi connectivity index (χ4n) is 1.60. The second-order valence-electron chi connectivity index (χ2n) is 3.68. The molecule has 0 saturated carbocycles. The van der Waals surface area contributed by atoms with Crippen molar-refractivity contribution in [1.82, 2.24) is 5.43 Å². The van der Waals surface area contributed by atoms with Crippen LogP contribution in [0.2, 0.25) is 8.67 Å². The minimum atomic E-state index is 0.00593. The number of thiophene rings is 1. The predicted molar refractivity (Wildman–Crippen MR) is 70.1 cm³/mol. The van der Waals surface area contributed by atoms with Crippen LogP contribution in [0.25, 0.3) is 0 Å². The zero-order chi connectivity index (χ0) is 12.1. The summed E-state index contributed by atoms with van der Waals surface area (Å²) in [6, 6.07) is 1.87. The van der Waals surface area contributed by atoms with Gasteiger partial charge in [0.25, 0.3) is 0 Å². The molecule has 1 rings (SSSR count). The Kier molecular flexibility index (Phi) is 6.03. The van der Waals surface area contributed by atoms with E-state index in [0.29, 0.717) is 21.2 Å². The summed E-state index contributed by atoms with van der Waals surface area (Å²) in [5, 5.41) is 0. The lowest BCUT2D eigenvalue weighted by atomic mass is 9.94. The number of hydrogen-bond donors (Lipinski definition) is 2. The molecule has 3 nitrogen and oxygen atoms in total. The molecular weight excluding hydrogens is 267 g/mol. The van der Waals surface area contributed by atoms with Gasteiger partial charge in [-0.05, 0) is 18.4 Å². The van der Waals surface area contributed by atoms with Crippen molar-refractivity contribution in [1.29, 1.82) is 0 Å². The van der Waals surface area contributed by atoms with Crippen LogP contribution in [0.3, 0.4) is 0 Å². The van der Waals surface area contributed by atoms with Crippen LogP contribution in [0, 0.1) is 5.92 Å². The summed E-state index contributed by atoms with van der Waals surface area (Å²) in [7, 11) is 1.69. The highest BCUT2D eigenvalue weighted by atomic mass is 35.5. The second kappa shape index (κ2) is 6.79. The maximum absolute atomic E-state index is 6.10. The zero-order valence-corrected chi connectivity index (χ0v) is 11.6. The first-order valence-electron chi connectivity index (χ1n) is 5.00. The molecule has 1 aromatic heterocycles. The molecule has 0 aliphatic rings. The minimum absolute atomic E-state index is 0.00593. The first-order valence-corrected chi connectivity index (χ1v) is 6.57. The van der Waals surface area contributed by atoms with Crippen molar-refractivity contribution >= 4 is 34.5 Å². The molecule has 0 aliphatic carbocycles. The van der Waals surface area contributed by atoms with Gasteiger partial charge in [-0.3, -0.25) is 11.3 Å². The van der Waals surface area contributed by atoms with Gasteiger partial charge in [0.2, 0.25) is 0 Å². The second-order valence-corrected chi connectivity index (χ2v) is 5.97. The number of ether oxygens (including phenoxy) is 1. The summed E-state index contributed by atoms with van der Waals surface area (Å²) in [6.45, 7) is 2.81. The van der Waals surface area contributed by atoms with Gasteiger partial charge in [0.05, 0.1) is 14.7 Å². The standard InChI is InChI=1S/C10H16Cl2N2OS/c1-6(3-4-15-2)9(14-13)7-5-8(11)16-10(7)12/h5-6,9,14H,3-4,13H2,1-2H3. The number of nitrogens with one attached hydrogen (secondary N) is 1. The molecule has 1 aromatic rings. The smallest absolute Gasteiger partial charge is 0.0992 e. The Morgan fingerprint density at radius 3 is 2.69 bits per heavy atom. The largest absolute Gasteiger partial charge is 0.385 e. The van der Waals surface area contributed by atoms with E-state index < -0.39 is 0 Å². The lowest BCUT2D eigenvalue weighted by Crippen LogP contribution is -2.32. The van der Waals surface area contributed by atoms with E-state index in [9.17, 15) is 0 Å². The van der Waals surface area contributed by atoms with E-state index in [1.54, 1.807) is 7.11 Å². The van der Waals surface area contributed by atoms with Gasteiger partial charge in [0.1, 0.15) is 0 Å². The monoisotopic (exact) mass is 282 g/mol. The van der Waals surface area contributed by atoms with Crippen LogP contribution < -0.4 is 11.3 Å². The third-order valence-corrected chi connectivity index (χ3v) is 4.06. The highest BCUT2D eigenvalue weighted by Crippen LogP contribution is 2.37. The number of hydrazine groups is 1. The topological polar surface area (TPSA) is 47.3 Å². The van der Waals surface area contributed by atoms with Crippen molar-refractivity contribution in [2.75, 3.05) is 13.7 Å². The van der Waals surface area contributed by atoms with Crippen LogP contribution in [0.4, 0.5) is 0 Å². The molecule has 0 fully saturated rings. The Balaban J connectivity index is 2.77. The van der Waals surface area contributed by atoms with Crippen LogP contribution >= 0.6 is 34.5 Å².